The first-order valence-electron chi connectivity index (χ1n) is 9.26. The second-order valence-corrected chi connectivity index (χ2v) is 7.91. The molecule has 0 saturated carbocycles. The molecule has 28 heavy (non-hydrogen) atoms. The molecule has 0 atom stereocenters. The van der Waals surface area contributed by atoms with Crippen molar-refractivity contribution in [1.29, 1.82) is 0 Å². The second kappa shape index (κ2) is 9.43. The second-order valence-electron chi connectivity index (χ2n) is 6.62. The normalized spacial score (nSPS) is 14.6. The van der Waals surface area contributed by atoms with Crippen LogP contribution < -0.4 is 10.1 Å². The van der Waals surface area contributed by atoms with Crippen molar-refractivity contribution in [2.45, 2.75) is 25.8 Å². The lowest BCUT2D eigenvalue weighted by Gasteiger charge is -2.32. The van der Waals surface area contributed by atoms with E-state index in [1.54, 1.807) is 30.3 Å². The molecule has 0 aromatic heterocycles. The average molecular weight is 466 g/mol. The molecule has 2 aromatic rings. The van der Waals surface area contributed by atoms with Crippen molar-refractivity contribution in [2.24, 2.45) is 0 Å². The molecule has 1 fully saturated rings. The van der Waals surface area contributed by atoms with E-state index in [1.165, 1.54) is 0 Å². The number of piperidine rings is 1. The highest BCUT2D eigenvalue weighted by Crippen LogP contribution is 2.22. The van der Waals surface area contributed by atoms with Crippen LogP contribution in [-0.2, 0) is 0 Å². The van der Waals surface area contributed by atoms with Gasteiger partial charge >= 0.3 is 0 Å². The predicted molar refractivity (Wildman–Crippen MR) is 113 cm³/mol. The molecule has 1 heterocycles. The number of hydrogen-bond acceptors (Lipinski definition) is 3. The Balaban J connectivity index is 1.54. The number of likely N-dealkylation sites (tertiary alicyclic amines) is 1. The predicted octanol–water partition coefficient (Wildman–Crippen LogP) is 4.54. The minimum atomic E-state index is -0.161. The Hall–Kier alpha value is -2.05. The molecule has 1 aliphatic rings. The van der Waals surface area contributed by atoms with E-state index in [1.807, 2.05) is 24.0 Å². The van der Waals surface area contributed by atoms with Crippen LogP contribution in [0.1, 0.15) is 40.5 Å². The van der Waals surface area contributed by atoms with Gasteiger partial charge in [-0.3, -0.25) is 9.59 Å². The largest absolute Gasteiger partial charge is 0.494 e. The quantitative estimate of drug-likeness (QED) is 0.705. The minimum Gasteiger partial charge on any atom is -0.494 e. The molecule has 1 aliphatic heterocycles. The number of amides is 2. The van der Waals surface area contributed by atoms with Crippen molar-refractivity contribution in [3.8, 4) is 5.75 Å². The van der Waals surface area contributed by atoms with Crippen LogP contribution in [0.3, 0.4) is 0 Å². The van der Waals surface area contributed by atoms with E-state index in [2.05, 4.69) is 21.2 Å². The van der Waals surface area contributed by atoms with Crippen molar-refractivity contribution >= 4 is 39.3 Å². The van der Waals surface area contributed by atoms with Crippen LogP contribution in [0.2, 0.25) is 5.02 Å². The molecule has 3 rings (SSSR count). The first-order valence-corrected chi connectivity index (χ1v) is 10.4. The third-order valence-electron chi connectivity index (χ3n) is 4.70. The topological polar surface area (TPSA) is 58.6 Å². The Morgan fingerprint density at radius 3 is 2.50 bits per heavy atom. The van der Waals surface area contributed by atoms with Crippen molar-refractivity contribution in [3.63, 3.8) is 0 Å². The fourth-order valence-electron chi connectivity index (χ4n) is 3.20. The summed E-state index contributed by atoms with van der Waals surface area (Å²) in [6.45, 7) is 3.73. The standard InChI is InChI=1S/C21H22BrClN2O3/c1-2-28-17-6-3-14(4-7-17)21(27)25-11-9-16(10-12-25)24-20(26)18-13-15(23)5-8-19(18)22/h3-8,13,16H,2,9-12H2,1H3,(H,24,26). The van der Waals surface area contributed by atoms with E-state index in [0.717, 1.165) is 5.75 Å². The lowest BCUT2D eigenvalue weighted by molar-refractivity contribution is 0.0698. The van der Waals surface area contributed by atoms with E-state index in [-0.39, 0.29) is 17.9 Å². The van der Waals surface area contributed by atoms with E-state index in [0.29, 0.717) is 53.2 Å². The zero-order valence-corrected chi connectivity index (χ0v) is 17.9. The smallest absolute Gasteiger partial charge is 0.253 e. The third kappa shape index (κ3) is 5.06. The first-order chi connectivity index (χ1) is 13.5. The summed E-state index contributed by atoms with van der Waals surface area (Å²) in [5, 5.41) is 3.56. The molecule has 5 nitrogen and oxygen atoms in total. The molecule has 0 radical (unpaired) electrons. The van der Waals surface area contributed by atoms with Gasteiger partial charge in [0.05, 0.1) is 12.2 Å². The van der Waals surface area contributed by atoms with Gasteiger partial charge in [-0.15, -0.1) is 0 Å². The molecular weight excluding hydrogens is 444 g/mol. The number of nitrogens with zero attached hydrogens (tertiary/aromatic N) is 1. The minimum absolute atomic E-state index is 0.00501. The molecule has 1 saturated heterocycles. The number of ether oxygens (including phenoxy) is 1. The zero-order valence-electron chi connectivity index (χ0n) is 15.6. The molecule has 0 aliphatic carbocycles. The molecule has 0 spiro atoms. The van der Waals surface area contributed by atoms with Crippen LogP contribution in [-0.4, -0.2) is 42.5 Å². The number of nitrogens with one attached hydrogen (secondary N) is 1. The summed E-state index contributed by atoms with van der Waals surface area (Å²) in [6, 6.07) is 12.4. The van der Waals surface area contributed by atoms with Gasteiger partial charge in [0, 0.05) is 34.2 Å². The molecule has 7 heteroatoms. The SMILES string of the molecule is CCOc1ccc(C(=O)N2CCC(NC(=O)c3cc(Cl)ccc3Br)CC2)cc1. The highest BCUT2D eigenvalue weighted by molar-refractivity contribution is 9.10. The molecule has 2 amide bonds. The molecule has 148 valence electrons. The van der Waals surface area contributed by atoms with Crippen molar-refractivity contribution in [3.05, 3.63) is 63.1 Å². The molecule has 2 aromatic carbocycles. The Morgan fingerprint density at radius 2 is 1.86 bits per heavy atom. The summed E-state index contributed by atoms with van der Waals surface area (Å²) < 4.78 is 6.12. The van der Waals surface area contributed by atoms with Gasteiger partial charge in [0.2, 0.25) is 0 Å². The first kappa shape index (κ1) is 20.7. The molecular formula is C21H22BrClN2O3. The van der Waals surface area contributed by atoms with Gasteiger partial charge < -0.3 is 15.0 Å². The highest BCUT2D eigenvalue weighted by atomic mass is 79.9. The summed E-state index contributed by atoms with van der Waals surface area (Å²) in [7, 11) is 0. The van der Waals surface area contributed by atoms with Crippen LogP contribution in [0.25, 0.3) is 0 Å². The van der Waals surface area contributed by atoms with Crippen molar-refractivity contribution in [1.82, 2.24) is 10.2 Å². The average Bonchev–Trinajstić information content (AvgIpc) is 2.70. The Labute approximate surface area is 178 Å². The maximum Gasteiger partial charge on any atom is 0.253 e. The number of hydrogen-bond donors (Lipinski definition) is 1. The summed E-state index contributed by atoms with van der Waals surface area (Å²) in [4.78, 5) is 27.0. The Bertz CT molecular complexity index is 849. The zero-order chi connectivity index (χ0) is 20.1. The lowest BCUT2D eigenvalue weighted by Crippen LogP contribution is -2.46. The Kier molecular flexibility index (Phi) is 6.97. The van der Waals surface area contributed by atoms with Gasteiger partial charge in [-0.25, -0.2) is 0 Å². The highest BCUT2D eigenvalue weighted by Gasteiger charge is 2.25. The molecule has 1 N–H and O–H groups in total. The van der Waals surface area contributed by atoms with Crippen molar-refractivity contribution < 1.29 is 14.3 Å². The lowest BCUT2D eigenvalue weighted by atomic mass is 10.0. The molecule has 0 bridgehead atoms. The fraction of sp³-hybridized carbons (Fsp3) is 0.333. The van der Waals surface area contributed by atoms with Gasteiger partial charge in [0.1, 0.15) is 5.75 Å². The maximum absolute atomic E-state index is 12.7. The van der Waals surface area contributed by atoms with Crippen LogP contribution in [0.5, 0.6) is 5.75 Å². The van der Waals surface area contributed by atoms with E-state index in [9.17, 15) is 9.59 Å². The van der Waals surface area contributed by atoms with Gasteiger partial charge in [-0.05, 0) is 78.2 Å². The van der Waals surface area contributed by atoms with Crippen LogP contribution in [0.15, 0.2) is 46.9 Å². The van der Waals surface area contributed by atoms with Crippen LogP contribution in [0, 0.1) is 0 Å². The van der Waals surface area contributed by atoms with Gasteiger partial charge in [0.25, 0.3) is 11.8 Å². The molecule has 0 unspecified atom stereocenters. The number of halogens is 2. The van der Waals surface area contributed by atoms with Gasteiger partial charge in [0.15, 0.2) is 0 Å². The van der Waals surface area contributed by atoms with Crippen LogP contribution >= 0.6 is 27.5 Å². The number of carbonyl (C=O) groups excluding carboxylic acids is 2. The number of benzene rings is 2. The van der Waals surface area contributed by atoms with Crippen LogP contribution in [0.4, 0.5) is 0 Å². The van der Waals surface area contributed by atoms with Gasteiger partial charge in [-0.1, -0.05) is 11.6 Å². The van der Waals surface area contributed by atoms with E-state index >= 15 is 0 Å². The summed E-state index contributed by atoms with van der Waals surface area (Å²) in [5.41, 5.74) is 1.16. The van der Waals surface area contributed by atoms with E-state index < -0.39 is 0 Å². The fourth-order valence-corrected chi connectivity index (χ4v) is 3.80. The Morgan fingerprint density at radius 1 is 1.18 bits per heavy atom. The summed E-state index contributed by atoms with van der Waals surface area (Å²) >= 11 is 9.37. The number of rotatable bonds is 5. The van der Waals surface area contributed by atoms with Crippen molar-refractivity contribution in [2.75, 3.05) is 19.7 Å². The number of carbonyl (C=O) groups is 2. The summed E-state index contributed by atoms with van der Waals surface area (Å²) in [5.74, 6) is 0.601. The summed E-state index contributed by atoms with van der Waals surface area (Å²) in [6.07, 6.45) is 1.43. The van der Waals surface area contributed by atoms with E-state index in [4.69, 9.17) is 16.3 Å². The van der Waals surface area contributed by atoms with Gasteiger partial charge in [-0.2, -0.15) is 0 Å². The monoisotopic (exact) mass is 464 g/mol. The maximum atomic E-state index is 12.7. The third-order valence-corrected chi connectivity index (χ3v) is 5.63.